The maximum Gasteiger partial charge on any atom is 0.143 e. The van der Waals surface area contributed by atoms with E-state index >= 15 is 0 Å². The lowest BCUT2D eigenvalue weighted by Gasteiger charge is -2.25. The number of aliphatic hydroxyl groups is 1. The molecule has 0 bridgehead atoms. The maximum atomic E-state index is 9.95. The molecule has 3 aromatic rings. The largest absolute Gasteiger partial charge is 0.488 e. The third kappa shape index (κ3) is 4.17. The topological polar surface area (TPSA) is 129 Å². The van der Waals surface area contributed by atoms with Crippen LogP contribution in [0.25, 0.3) is 11.1 Å². The van der Waals surface area contributed by atoms with E-state index < -0.39 is 0 Å². The number of ether oxygens (including phenoxy) is 1. The summed E-state index contributed by atoms with van der Waals surface area (Å²) in [6.45, 7) is -0.0317. The molecule has 31 heavy (non-hydrogen) atoms. The highest BCUT2D eigenvalue weighted by Crippen LogP contribution is 2.39. The van der Waals surface area contributed by atoms with E-state index in [4.69, 9.17) is 10.5 Å². The standard InChI is InChI=1S/C23H19N5O2S/c24-10-18-21(15-5-7-20-14(9-15)4-6-17(12-29)30-20)19(11-25)23(28-22(18)26)31-13-16-3-1-2-8-27-16/h1-3,5,7-9,17,29H,4,6,12-13H2,(H2,26,28). The normalized spacial score (nSPS) is 14.7. The molecule has 1 aromatic carbocycles. The van der Waals surface area contributed by atoms with Gasteiger partial charge in [-0.3, -0.25) is 4.98 Å². The number of aryl methyl sites for hydroxylation is 1. The Morgan fingerprint density at radius 1 is 1.19 bits per heavy atom. The fourth-order valence-corrected chi connectivity index (χ4v) is 4.46. The van der Waals surface area contributed by atoms with Crippen LogP contribution in [0, 0.1) is 22.7 Å². The number of pyridine rings is 2. The summed E-state index contributed by atoms with van der Waals surface area (Å²) in [6, 6.07) is 15.5. The number of fused-ring (bicyclic) bond motifs is 1. The quantitative estimate of drug-likeness (QED) is 0.590. The van der Waals surface area contributed by atoms with E-state index in [0.29, 0.717) is 39.6 Å². The molecule has 1 atom stereocenters. The number of nitriles is 2. The minimum absolute atomic E-state index is 0.0317. The van der Waals surface area contributed by atoms with Gasteiger partial charge in [0.05, 0.1) is 17.9 Å². The molecule has 8 heteroatoms. The second kappa shape index (κ2) is 9.05. The van der Waals surface area contributed by atoms with Gasteiger partial charge in [-0.05, 0) is 48.2 Å². The molecule has 3 heterocycles. The highest BCUT2D eigenvalue weighted by molar-refractivity contribution is 7.98. The molecule has 0 saturated carbocycles. The number of benzene rings is 1. The smallest absolute Gasteiger partial charge is 0.143 e. The summed E-state index contributed by atoms with van der Waals surface area (Å²) in [5.74, 6) is 1.32. The predicted octanol–water partition coefficient (Wildman–Crippen LogP) is 3.45. The molecule has 1 aliphatic heterocycles. The van der Waals surface area contributed by atoms with Crippen molar-refractivity contribution in [1.29, 1.82) is 10.5 Å². The molecule has 0 amide bonds. The van der Waals surface area contributed by atoms with Crippen molar-refractivity contribution < 1.29 is 9.84 Å². The Hall–Kier alpha value is -3.59. The first-order valence-electron chi connectivity index (χ1n) is 9.71. The SMILES string of the molecule is N#Cc1c(N)nc(SCc2ccccn2)c(C#N)c1-c1ccc2c(c1)CCC(CO)O2. The Morgan fingerprint density at radius 3 is 2.74 bits per heavy atom. The third-order valence-corrected chi connectivity index (χ3v) is 6.09. The molecule has 1 unspecified atom stereocenters. The molecular formula is C23H19N5O2S. The Balaban J connectivity index is 1.77. The number of hydrogen-bond donors (Lipinski definition) is 2. The van der Waals surface area contributed by atoms with Crippen LogP contribution in [0.1, 0.15) is 28.8 Å². The van der Waals surface area contributed by atoms with E-state index in [1.807, 2.05) is 36.4 Å². The third-order valence-electron chi connectivity index (χ3n) is 5.08. The number of hydrogen-bond acceptors (Lipinski definition) is 8. The van der Waals surface area contributed by atoms with Crippen molar-refractivity contribution in [3.05, 3.63) is 65.0 Å². The van der Waals surface area contributed by atoms with Gasteiger partial charge in [-0.1, -0.05) is 23.9 Å². The van der Waals surface area contributed by atoms with Gasteiger partial charge in [-0.2, -0.15) is 10.5 Å². The number of aliphatic hydroxyl groups excluding tert-OH is 1. The van der Waals surface area contributed by atoms with Crippen molar-refractivity contribution in [1.82, 2.24) is 9.97 Å². The van der Waals surface area contributed by atoms with Gasteiger partial charge in [0.25, 0.3) is 0 Å². The number of thioether (sulfide) groups is 1. The van der Waals surface area contributed by atoms with Crippen LogP contribution in [0.3, 0.4) is 0 Å². The molecule has 0 saturated heterocycles. The molecule has 3 N–H and O–H groups in total. The number of nitrogen functional groups attached to an aromatic ring is 1. The second-order valence-electron chi connectivity index (χ2n) is 7.04. The van der Waals surface area contributed by atoms with E-state index in [2.05, 4.69) is 22.1 Å². The highest BCUT2D eigenvalue weighted by Gasteiger charge is 2.24. The van der Waals surface area contributed by atoms with Crippen molar-refractivity contribution in [2.24, 2.45) is 0 Å². The van der Waals surface area contributed by atoms with Gasteiger partial charge in [-0.25, -0.2) is 4.98 Å². The summed E-state index contributed by atoms with van der Waals surface area (Å²) in [5.41, 5.74) is 9.63. The number of rotatable bonds is 5. The number of nitrogens with zero attached hydrogens (tertiary/aromatic N) is 4. The van der Waals surface area contributed by atoms with Crippen LogP contribution in [0.5, 0.6) is 5.75 Å². The number of aromatic nitrogens is 2. The van der Waals surface area contributed by atoms with Gasteiger partial charge in [-0.15, -0.1) is 0 Å². The van der Waals surface area contributed by atoms with Gasteiger partial charge in [0.2, 0.25) is 0 Å². The van der Waals surface area contributed by atoms with Crippen molar-refractivity contribution in [2.45, 2.75) is 29.7 Å². The lowest BCUT2D eigenvalue weighted by Crippen LogP contribution is -2.26. The Kier molecular flexibility index (Phi) is 6.03. The summed E-state index contributed by atoms with van der Waals surface area (Å²) >= 11 is 1.36. The molecular weight excluding hydrogens is 410 g/mol. The first-order valence-corrected chi connectivity index (χ1v) is 10.7. The van der Waals surface area contributed by atoms with Crippen molar-refractivity contribution in [3.8, 4) is 29.0 Å². The average Bonchev–Trinajstić information content (AvgIpc) is 2.82. The van der Waals surface area contributed by atoms with Crippen LogP contribution >= 0.6 is 11.8 Å². The zero-order valence-electron chi connectivity index (χ0n) is 16.6. The van der Waals surface area contributed by atoms with Crippen LogP contribution in [0.4, 0.5) is 5.82 Å². The van der Waals surface area contributed by atoms with Gasteiger partial charge >= 0.3 is 0 Å². The fourth-order valence-electron chi connectivity index (χ4n) is 3.55. The van der Waals surface area contributed by atoms with E-state index in [1.54, 1.807) is 6.20 Å². The van der Waals surface area contributed by atoms with E-state index in [1.165, 1.54) is 11.8 Å². The molecule has 0 aliphatic carbocycles. The fraction of sp³-hybridized carbons (Fsp3) is 0.217. The predicted molar refractivity (Wildman–Crippen MR) is 117 cm³/mol. The lowest BCUT2D eigenvalue weighted by molar-refractivity contribution is 0.0978. The molecule has 1 aliphatic rings. The zero-order valence-corrected chi connectivity index (χ0v) is 17.4. The Labute approximate surface area is 184 Å². The van der Waals surface area contributed by atoms with Crippen molar-refractivity contribution in [2.75, 3.05) is 12.3 Å². The highest BCUT2D eigenvalue weighted by atomic mass is 32.2. The summed E-state index contributed by atoms with van der Waals surface area (Å²) < 4.78 is 5.79. The van der Waals surface area contributed by atoms with E-state index in [-0.39, 0.29) is 24.1 Å². The van der Waals surface area contributed by atoms with Crippen LogP contribution in [-0.4, -0.2) is 27.8 Å². The summed E-state index contributed by atoms with van der Waals surface area (Å²) in [7, 11) is 0. The molecule has 154 valence electrons. The molecule has 0 radical (unpaired) electrons. The van der Waals surface area contributed by atoms with Crippen LogP contribution in [0.2, 0.25) is 0 Å². The van der Waals surface area contributed by atoms with E-state index in [0.717, 1.165) is 17.7 Å². The van der Waals surface area contributed by atoms with Crippen molar-refractivity contribution in [3.63, 3.8) is 0 Å². The molecule has 0 spiro atoms. The summed E-state index contributed by atoms with van der Waals surface area (Å²) in [4.78, 5) is 8.64. The first kappa shape index (κ1) is 20.7. The Bertz CT molecular complexity index is 1200. The number of anilines is 1. The van der Waals surface area contributed by atoms with Gasteiger partial charge in [0.15, 0.2) is 0 Å². The van der Waals surface area contributed by atoms with Gasteiger partial charge < -0.3 is 15.6 Å². The lowest BCUT2D eigenvalue weighted by atomic mass is 9.93. The first-order chi connectivity index (χ1) is 15.1. The summed E-state index contributed by atoms with van der Waals surface area (Å²) in [5, 5.41) is 29.5. The van der Waals surface area contributed by atoms with Crippen LogP contribution in [0.15, 0.2) is 47.6 Å². The minimum Gasteiger partial charge on any atom is -0.488 e. The Morgan fingerprint density at radius 2 is 2.03 bits per heavy atom. The average molecular weight is 430 g/mol. The van der Waals surface area contributed by atoms with Crippen LogP contribution < -0.4 is 10.5 Å². The van der Waals surface area contributed by atoms with Crippen LogP contribution in [-0.2, 0) is 12.2 Å². The maximum absolute atomic E-state index is 9.95. The van der Waals surface area contributed by atoms with E-state index in [9.17, 15) is 15.6 Å². The van der Waals surface area contributed by atoms with Gasteiger partial charge in [0, 0.05) is 17.5 Å². The summed E-state index contributed by atoms with van der Waals surface area (Å²) in [6.07, 6.45) is 2.94. The molecule has 7 nitrogen and oxygen atoms in total. The molecule has 2 aromatic heterocycles. The van der Waals surface area contributed by atoms with Crippen molar-refractivity contribution >= 4 is 17.6 Å². The molecule has 4 rings (SSSR count). The minimum atomic E-state index is -0.214. The monoisotopic (exact) mass is 429 g/mol. The number of nitrogens with two attached hydrogens (primary N) is 1. The zero-order chi connectivity index (χ0) is 21.8. The van der Waals surface area contributed by atoms with Gasteiger partial charge in [0.1, 0.15) is 40.4 Å². The second-order valence-corrected chi connectivity index (χ2v) is 8.01. The molecule has 0 fully saturated rings.